The Labute approximate surface area is 178 Å². The molecule has 3 aromatic heterocycles. The highest BCUT2D eigenvalue weighted by Gasteiger charge is 2.35. The summed E-state index contributed by atoms with van der Waals surface area (Å²) in [6.45, 7) is 0.889. The van der Waals surface area contributed by atoms with Crippen molar-refractivity contribution < 1.29 is 22.0 Å². The lowest BCUT2D eigenvalue weighted by atomic mass is 10.0. The zero-order chi connectivity index (χ0) is 22.6. The Morgan fingerprint density at radius 2 is 1.75 bits per heavy atom. The van der Waals surface area contributed by atoms with Gasteiger partial charge in [-0.05, 0) is 23.8 Å². The molecule has 0 N–H and O–H groups in total. The molecule has 4 heterocycles. The Kier molecular flexibility index (Phi) is 4.57. The van der Waals surface area contributed by atoms with Crippen molar-refractivity contribution in [2.24, 2.45) is 7.05 Å². The fraction of sp³-hybridized carbons (Fsp3) is 0.238. The van der Waals surface area contributed by atoms with Gasteiger partial charge in [0, 0.05) is 55.5 Å². The molecule has 4 aromatic rings. The van der Waals surface area contributed by atoms with Gasteiger partial charge in [-0.25, -0.2) is 18.7 Å². The van der Waals surface area contributed by atoms with Crippen molar-refractivity contribution in [3.8, 4) is 11.3 Å². The molecular formula is C21H15F5N6. The summed E-state index contributed by atoms with van der Waals surface area (Å²) >= 11 is 0. The minimum Gasteiger partial charge on any atom is -0.351 e. The van der Waals surface area contributed by atoms with E-state index in [9.17, 15) is 22.0 Å². The minimum atomic E-state index is -4.54. The van der Waals surface area contributed by atoms with Crippen LogP contribution in [-0.4, -0.2) is 31.3 Å². The van der Waals surface area contributed by atoms with E-state index in [0.717, 1.165) is 29.5 Å². The largest absolute Gasteiger partial charge is 0.435 e. The van der Waals surface area contributed by atoms with E-state index in [-0.39, 0.29) is 11.2 Å². The summed E-state index contributed by atoms with van der Waals surface area (Å²) in [6.07, 6.45) is -1.17. The van der Waals surface area contributed by atoms with Gasteiger partial charge in [0.1, 0.15) is 12.1 Å². The molecule has 0 saturated heterocycles. The SMILES string of the molecule is Cn1nc(C(F)(F)F)cc1-c1cnc2c(c1)CN(c1ncnc3cc(F)c(F)cc13)CC2. The molecule has 0 fully saturated rings. The van der Waals surface area contributed by atoms with E-state index in [2.05, 4.69) is 20.1 Å². The van der Waals surface area contributed by atoms with Gasteiger partial charge < -0.3 is 4.90 Å². The van der Waals surface area contributed by atoms with Gasteiger partial charge in [0.15, 0.2) is 17.3 Å². The molecule has 11 heteroatoms. The molecule has 6 nitrogen and oxygen atoms in total. The predicted octanol–water partition coefficient (Wildman–Crippen LogP) is 4.29. The van der Waals surface area contributed by atoms with Gasteiger partial charge in [0.05, 0.1) is 11.2 Å². The van der Waals surface area contributed by atoms with Crippen LogP contribution in [-0.2, 0) is 26.2 Å². The van der Waals surface area contributed by atoms with E-state index in [1.807, 2.05) is 4.90 Å². The summed E-state index contributed by atoms with van der Waals surface area (Å²) in [7, 11) is 1.44. The summed E-state index contributed by atoms with van der Waals surface area (Å²) in [5.41, 5.74) is 1.71. The number of hydrogen-bond acceptors (Lipinski definition) is 5. The molecule has 32 heavy (non-hydrogen) atoms. The van der Waals surface area contributed by atoms with Gasteiger partial charge in [0.2, 0.25) is 0 Å². The quantitative estimate of drug-likeness (QED) is 0.430. The van der Waals surface area contributed by atoms with Crippen LogP contribution in [0.1, 0.15) is 17.0 Å². The number of rotatable bonds is 2. The molecule has 164 valence electrons. The summed E-state index contributed by atoms with van der Waals surface area (Å²) in [6, 6.07) is 4.85. The van der Waals surface area contributed by atoms with Crippen LogP contribution in [0, 0.1) is 11.6 Å². The molecule has 0 aliphatic carbocycles. The van der Waals surface area contributed by atoms with Crippen LogP contribution in [0.25, 0.3) is 22.2 Å². The fourth-order valence-electron chi connectivity index (χ4n) is 3.91. The predicted molar refractivity (Wildman–Crippen MR) is 106 cm³/mol. The first-order valence-corrected chi connectivity index (χ1v) is 9.65. The van der Waals surface area contributed by atoms with Crippen LogP contribution in [0.3, 0.4) is 0 Å². The average molecular weight is 446 g/mol. The zero-order valence-electron chi connectivity index (χ0n) is 16.7. The molecule has 1 aromatic carbocycles. The van der Waals surface area contributed by atoms with Crippen LogP contribution >= 0.6 is 0 Å². The first kappa shape index (κ1) is 20.3. The monoisotopic (exact) mass is 446 g/mol. The van der Waals surface area contributed by atoms with Crippen molar-refractivity contribution in [2.45, 2.75) is 19.1 Å². The van der Waals surface area contributed by atoms with Gasteiger partial charge in [-0.3, -0.25) is 9.67 Å². The molecule has 0 saturated carbocycles. The van der Waals surface area contributed by atoms with Gasteiger partial charge in [-0.15, -0.1) is 0 Å². The average Bonchev–Trinajstić information content (AvgIpc) is 3.15. The molecule has 5 rings (SSSR count). The molecule has 1 aliphatic rings. The number of anilines is 1. The number of benzene rings is 1. The topological polar surface area (TPSA) is 59.7 Å². The van der Waals surface area contributed by atoms with E-state index < -0.39 is 23.5 Å². The van der Waals surface area contributed by atoms with E-state index in [4.69, 9.17) is 0 Å². The number of nitrogens with zero attached hydrogens (tertiary/aromatic N) is 6. The summed E-state index contributed by atoms with van der Waals surface area (Å²) in [5, 5.41) is 3.93. The van der Waals surface area contributed by atoms with Crippen molar-refractivity contribution in [3.63, 3.8) is 0 Å². The number of pyridine rings is 1. The van der Waals surface area contributed by atoms with Gasteiger partial charge in [-0.1, -0.05) is 0 Å². The molecule has 0 radical (unpaired) electrons. The lowest BCUT2D eigenvalue weighted by Crippen LogP contribution is -2.32. The molecule has 0 atom stereocenters. The van der Waals surface area contributed by atoms with Crippen LogP contribution in [0.15, 0.2) is 36.8 Å². The Morgan fingerprint density at radius 1 is 0.969 bits per heavy atom. The second-order valence-electron chi connectivity index (χ2n) is 7.52. The van der Waals surface area contributed by atoms with E-state index in [0.29, 0.717) is 36.3 Å². The second-order valence-corrected chi connectivity index (χ2v) is 7.52. The van der Waals surface area contributed by atoms with E-state index >= 15 is 0 Å². The Bertz CT molecular complexity index is 1350. The third kappa shape index (κ3) is 3.43. The molecule has 0 spiro atoms. The normalized spacial score (nSPS) is 14.1. The van der Waals surface area contributed by atoms with E-state index in [1.54, 1.807) is 6.07 Å². The van der Waals surface area contributed by atoms with E-state index in [1.165, 1.54) is 24.3 Å². The second kappa shape index (κ2) is 7.21. The van der Waals surface area contributed by atoms with Crippen molar-refractivity contribution in [1.29, 1.82) is 0 Å². The highest BCUT2D eigenvalue weighted by Crippen LogP contribution is 2.33. The molecule has 0 unspecified atom stereocenters. The Balaban J connectivity index is 1.52. The third-order valence-electron chi connectivity index (χ3n) is 5.46. The maximum Gasteiger partial charge on any atom is 0.435 e. The maximum atomic E-state index is 13.9. The van der Waals surface area contributed by atoms with Crippen LogP contribution in [0.4, 0.5) is 27.8 Å². The standard InChI is InChI=1S/C21H15F5N6/c1-31-18(7-19(30-31)21(24,25)26)11-4-12-9-32(3-2-16(12)27-8-11)20-13-5-14(22)15(23)6-17(13)28-10-29-20/h4-8,10H,2-3,9H2,1H3. The molecule has 0 amide bonds. The Morgan fingerprint density at radius 3 is 2.50 bits per heavy atom. The van der Waals surface area contributed by atoms with Crippen molar-refractivity contribution in [1.82, 2.24) is 24.7 Å². The third-order valence-corrected chi connectivity index (χ3v) is 5.46. The van der Waals surface area contributed by atoms with Gasteiger partial charge >= 0.3 is 6.18 Å². The number of halogens is 5. The van der Waals surface area contributed by atoms with Crippen LogP contribution in [0.5, 0.6) is 0 Å². The summed E-state index contributed by atoms with van der Waals surface area (Å²) in [4.78, 5) is 14.6. The lowest BCUT2D eigenvalue weighted by molar-refractivity contribution is -0.141. The van der Waals surface area contributed by atoms with Gasteiger partial charge in [0.25, 0.3) is 0 Å². The molecule has 1 aliphatic heterocycles. The highest BCUT2D eigenvalue weighted by molar-refractivity contribution is 5.89. The smallest absolute Gasteiger partial charge is 0.351 e. The number of aryl methyl sites for hydroxylation is 1. The maximum absolute atomic E-state index is 13.9. The van der Waals surface area contributed by atoms with Gasteiger partial charge in [-0.2, -0.15) is 18.3 Å². The minimum absolute atomic E-state index is 0.279. The fourth-order valence-corrected chi connectivity index (χ4v) is 3.91. The van der Waals surface area contributed by atoms with Crippen LogP contribution < -0.4 is 4.90 Å². The summed E-state index contributed by atoms with van der Waals surface area (Å²) < 4.78 is 67.7. The van der Waals surface area contributed by atoms with Crippen molar-refractivity contribution in [2.75, 3.05) is 11.4 Å². The van der Waals surface area contributed by atoms with Crippen molar-refractivity contribution in [3.05, 3.63) is 65.4 Å². The molecule has 0 bridgehead atoms. The number of hydrogen-bond donors (Lipinski definition) is 0. The number of fused-ring (bicyclic) bond motifs is 2. The van der Waals surface area contributed by atoms with Crippen molar-refractivity contribution >= 4 is 16.7 Å². The first-order valence-electron chi connectivity index (χ1n) is 9.65. The lowest BCUT2D eigenvalue weighted by Gasteiger charge is -2.30. The zero-order valence-corrected chi connectivity index (χ0v) is 16.7. The highest BCUT2D eigenvalue weighted by atomic mass is 19.4. The molecular weight excluding hydrogens is 431 g/mol. The summed E-state index contributed by atoms with van der Waals surface area (Å²) in [5.74, 6) is -1.54. The van der Waals surface area contributed by atoms with Crippen LogP contribution in [0.2, 0.25) is 0 Å². The Hall–Kier alpha value is -3.63. The number of alkyl halides is 3. The number of aromatic nitrogens is 5. The first-order chi connectivity index (χ1) is 15.2.